The molecule has 3 rings (SSSR count). The van der Waals surface area contributed by atoms with Crippen LogP contribution in [0, 0.1) is 0 Å². The van der Waals surface area contributed by atoms with Gasteiger partial charge in [-0.05, 0) is 31.5 Å². The lowest BCUT2D eigenvalue weighted by atomic mass is 10.2. The molecule has 24 heavy (non-hydrogen) atoms. The summed E-state index contributed by atoms with van der Waals surface area (Å²) in [5, 5.41) is 15.9. The molecule has 126 valence electrons. The zero-order chi connectivity index (χ0) is 17.1. The van der Waals surface area contributed by atoms with Crippen molar-refractivity contribution in [3.63, 3.8) is 0 Å². The van der Waals surface area contributed by atoms with Gasteiger partial charge in [-0.15, -0.1) is 0 Å². The predicted molar refractivity (Wildman–Crippen MR) is 87.1 cm³/mol. The number of fused-ring (bicyclic) bond motifs is 1. The van der Waals surface area contributed by atoms with Crippen LogP contribution in [0.4, 0.5) is 5.82 Å². The standard InChI is InChI=1S/C16H19N5O3/c1-2-17-15(22)11-4-5-14(18-9-11)20-6-3-7-21-12(10-20)8-13(19-21)16(23)24/h4-5,8-9H,2-3,6-7,10H2,1H3,(H,17,22)(H,23,24). The molecule has 2 aromatic heterocycles. The molecule has 2 N–H and O–H groups in total. The van der Waals surface area contributed by atoms with Crippen molar-refractivity contribution in [2.75, 3.05) is 18.0 Å². The molecule has 0 aromatic carbocycles. The highest BCUT2D eigenvalue weighted by atomic mass is 16.4. The van der Waals surface area contributed by atoms with E-state index in [4.69, 9.17) is 5.11 Å². The molecule has 0 radical (unpaired) electrons. The van der Waals surface area contributed by atoms with Gasteiger partial charge in [0, 0.05) is 25.8 Å². The quantitative estimate of drug-likeness (QED) is 0.872. The average Bonchev–Trinajstić information content (AvgIpc) is 2.87. The van der Waals surface area contributed by atoms with E-state index in [0.717, 1.165) is 24.5 Å². The van der Waals surface area contributed by atoms with E-state index in [-0.39, 0.29) is 11.6 Å². The van der Waals surface area contributed by atoms with E-state index < -0.39 is 5.97 Å². The first-order chi connectivity index (χ1) is 11.6. The molecule has 0 bridgehead atoms. The number of carboxylic acid groups (broad SMARTS) is 1. The third kappa shape index (κ3) is 3.22. The summed E-state index contributed by atoms with van der Waals surface area (Å²) in [5.74, 6) is -0.405. The molecule has 8 heteroatoms. The molecule has 0 spiro atoms. The van der Waals surface area contributed by atoms with Gasteiger partial charge in [0.2, 0.25) is 0 Å². The highest BCUT2D eigenvalue weighted by molar-refractivity contribution is 5.94. The minimum absolute atomic E-state index is 0.0615. The highest BCUT2D eigenvalue weighted by Gasteiger charge is 2.20. The number of nitrogens with zero attached hydrogens (tertiary/aromatic N) is 4. The number of aromatic carboxylic acids is 1. The fourth-order valence-corrected chi connectivity index (χ4v) is 2.73. The van der Waals surface area contributed by atoms with E-state index in [9.17, 15) is 9.59 Å². The SMILES string of the molecule is CCNC(=O)c1ccc(N2CCCn3nc(C(=O)O)cc3C2)nc1. The second-order valence-electron chi connectivity index (χ2n) is 5.59. The Bertz CT molecular complexity index is 754. The zero-order valence-electron chi connectivity index (χ0n) is 13.4. The molecule has 0 saturated carbocycles. The summed E-state index contributed by atoms with van der Waals surface area (Å²) in [7, 11) is 0. The molecule has 0 fully saturated rings. The molecule has 1 aliphatic heterocycles. The molecule has 0 atom stereocenters. The minimum Gasteiger partial charge on any atom is -0.476 e. The van der Waals surface area contributed by atoms with E-state index in [0.29, 0.717) is 25.2 Å². The first kappa shape index (κ1) is 16.0. The number of rotatable bonds is 4. The van der Waals surface area contributed by atoms with Crippen LogP contribution in [0.25, 0.3) is 0 Å². The third-order valence-electron chi connectivity index (χ3n) is 3.90. The highest BCUT2D eigenvalue weighted by Crippen LogP contribution is 2.19. The first-order valence-corrected chi connectivity index (χ1v) is 7.87. The van der Waals surface area contributed by atoms with Crippen LogP contribution >= 0.6 is 0 Å². The van der Waals surface area contributed by atoms with Gasteiger partial charge in [0.05, 0.1) is 17.8 Å². The fraction of sp³-hybridized carbons (Fsp3) is 0.375. The maximum Gasteiger partial charge on any atom is 0.356 e. The molecule has 0 unspecified atom stereocenters. The summed E-state index contributed by atoms with van der Waals surface area (Å²) in [6.07, 6.45) is 2.40. The molecule has 3 heterocycles. The maximum absolute atomic E-state index is 11.8. The van der Waals surface area contributed by atoms with Crippen molar-refractivity contribution in [2.24, 2.45) is 0 Å². The normalized spacial score (nSPS) is 14.0. The van der Waals surface area contributed by atoms with E-state index in [1.807, 2.05) is 13.0 Å². The van der Waals surface area contributed by atoms with Crippen LogP contribution in [0.3, 0.4) is 0 Å². The van der Waals surface area contributed by atoms with Crippen LogP contribution in [-0.4, -0.2) is 44.8 Å². The zero-order valence-corrected chi connectivity index (χ0v) is 13.4. The van der Waals surface area contributed by atoms with Crippen LogP contribution < -0.4 is 10.2 Å². The van der Waals surface area contributed by atoms with Crippen molar-refractivity contribution in [1.82, 2.24) is 20.1 Å². The van der Waals surface area contributed by atoms with Gasteiger partial charge in [0.1, 0.15) is 5.82 Å². The second kappa shape index (κ2) is 6.69. The van der Waals surface area contributed by atoms with Gasteiger partial charge >= 0.3 is 5.97 Å². The van der Waals surface area contributed by atoms with Crippen molar-refractivity contribution in [3.8, 4) is 0 Å². The van der Waals surface area contributed by atoms with Gasteiger partial charge in [-0.1, -0.05) is 0 Å². The number of carboxylic acids is 1. The van der Waals surface area contributed by atoms with Crippen molar-refractivity contribution in [1.29, 1.82) is 0 Å². The van der Waals surface area contributed by atoms with Crippen LogP contribution in [-0.2, 0) is 13.1 Å². The lowest BCUT2D eigenvalue weighted by Gasteiger charge is -2.21. The molecule has 1 aliphatic rings. The van der Waals surface area contributed by atoms with Gasteiger partial charge in [0.25, 0.3) is 5.91 Å². The molecule has 0 aliphatic carbocycles. The third-order valence-corrected chi connectivity index (χ3v) is 3.90. The number of carbonyl (C=O) groups excluding carboxylic acids is 1. The van der Waals surface area contributed by atoms with Crippen LogP contribution in [0.15, 0.2) is 24.4 Å². The van der Waals surface area contributed by atoms with Gasteiger partial charge in [-0.3, -0.25) is 9.48 Å². The van der Waals surface area contributed by atoms with Gasteiger partial charge in [0.15, 0.2) is 5.69 Å². The summed E-state index contributed by atoms with van der Waals surface area (Å²) in [6.45, 7) is 4.44. The Hall–Kier alpha value is -2.90. The number of aromatic nitrogens is 3. The number of carbonyl (C=O) groups is 2. The van der Waals surface area contributed by atoms with Crippen molar-refractivity contribution in [2.45, 2.75) is 26.4 Å². The minimum atomic E-state index is -1.02. The monoisotopic (exact) mass is 329 g/mol. The number of aryl methyl sites for hydroxylation is 1. The molecule has 0 saturated heterocycles. The van der Waals surface area contributed by atoms with Gasteiger partial charge in [-0.25, -0.2) is 9.78 Å². The number of amides is 1. The van der Waals surface area contributed by atoms with Crippen molar-refractivity contribution in [3.05, 3.63) is 41.3 Å². The summed E-state index contributed by atoms with van der Waals surface area (Å²) >= 11 is 0. The Morgan fingerprint density at radius 3 is 2.83 bits per heavy atom. The Morgan fingerprint density at radius 2 is 2.17 bits per heavy atom. The topological polar surface area (TPSA) is 100 Å². The van der Waals surface area contributed by atoms with Gasteiger partial charge in [-0.2, -0.15) is 5.10 Å². The second-order valence-corrected chi connectivity index (χ2v) is 5.59. The summed E-state index contributed by atoms with van der Waals surface area (Å²) in [4.78, 5) is 29.3. The summed E-state index contributed by atoms with van der Waals surface area (Å²) in [5.41, 5.74) is 1.43. The lowest BCUT2D eigenvalue weighted by Crippen LogP contribution is -2.25. The van der Waals surface area contributed by atoms with Crippen molar-refractivity contribution >= 4 is 17.7 Å². The van der Waals surface area contributed by atoms with E-state index in [1.54, 1.807) is 23.0 Å². The molecular weight excluding hydrogens is 310 g/mol. The number of pyridine rings is 1. The van der Waals surface area contributed by atoms with Crippen molar-refractivity contribution < 1.29 is 14.7 Å². The molecule has 1 amide bonds. The predicted octanol–water partition coefficient (Wildman–Crippen LogP) is 1.14. The number of hydrogen-bond acceptors (Lipinski definition) is 5. The first-order valence-electron chi connectivity index (χ1n) is 7.87. The Morgan fingerprint density at radius 1 is 1.33 bits per heavy atom. The number of nitrogens with one attached hydrogen (secondary N) is 1. The van der Waals surface area contributed by atoms with E-state index in [2.05, 4.69) is 20.3 Å². The average molecular weight is 329 g/mol. The summed E-state index contributed by atoms with van der Waals surface area (Å²) in [6, 6.07) is 5.16. The molecular formula is C16H19N5O3. The maximum atomic E-state index is 11.8. The van der Waals surface area contributed by atoms with Crippen LogP contribution in [0.5, 0.6) is 0 Å². The molecule has 2 aromatic rings. The van der Waals surface area contributed by atoms with Crippen LogP contribution in [0.1, 0.15) is 39.9 Å². The smallest absolute Gasteiger partial charge is 0.356 e. The van der Waals surface area contributed by atoms with Gasteiger partial charge < -0.3 is 15.3 Å². The fourth-order valence-electron chi connectivity index (χ4n) is 2.73. The Kier molecular flexibility index (Phi) is 4.45. The lowest BCUT2D eigenvalue weighted by molar-refractivity contribution is 0.0689. The largest absolute Gasteiger partial charge is 0.476 e. The van der Waals surface area contributed by atoms with E-state index >= 15 is 0 Å². The Balaban J connectivity index is 1.79. The molecule has 8 nitrogen and oxygen atoms in total. The summed E-state index contributed by atoms with van der Waals surface area (Å²) < 4.78 is 1.74. The van der Waals surface area contributed by atoms with Crippen LogP contribution in [0.2, 0.25) is 0 Å². The van der Waals surface area contributed by atoms with E-state index in [1.165, 1.54) is 0 Å². The number of anilines is 1. The number of hydrogen-bond donors (Lipinski definition) is 2. The Labute approximate surface area is 139 Å².